The van der Waals surface area contributed by atoms with Gasteiger partial charge in [-0.1, -0.05) is 25.5 Å². The van der Waals surface area contributed by atoms with Crippen LogP contribution in [0.3, 0.4) is 0 Å². The molecule has 5 heteroatoms. The van der Waals surface area contributed by atoms with Gasteiger partial charge in [0.1, 0.15) is 5.82 Å². The number of nitrogens with zero attached hydrogens (tertiary/aromatic N) is 2. The van der Waals surface area contributed by atoms with Gasteiger partial charge in [0.05, 0.1) is 4.47 Å². The summed E-state index contributed by atoms with van der Waals surface area (Å²) in [5.74, 6) is 0.665. The van der Waals surface area contributed by atoms with E-state index < -0.39 is 0 Å². The number of benzene rings is 1. The van der Waals surface area contributed by atoms with Gasteiger partial charge in [0, 0.05) is 11.9 Å². The molecule has 0 unspecified atom stereocenters. The molecule has 1 N–H and O–H groups in total. The fourth-order valence-electron chi connectivity index (χ4n) is 1.61. The van der Waals surface area contributed by atoms with Crippen molar-refractivity contribution in [2.24, 2.45) is 0 Å². The molecular formula is C13H13BrClN3. The van der Waals surface area contributed by atoms with Crippen LogP contribution in [0, 0.1) is 0 Å². The molecule has 0 fully saturated rings. The lowest BCUT2D eigenvalue weighted by Crippen LogP contribution is -1.96. The van der Waals surface area contributed by atoms with Crippen molar-refractivity contribution in [1.29, 1.82) is 0 Å². The van der Waals surface area contributed by atoms with E-state index in [-0.39, 0.29) is 5.28 Å². The second-order valence-electron chi connectivity index (χ2n) is 3.91. The van der Waals surface area contributed by atoms with Gasteiger partial charge in [-0.2, -0.15) is 4.98 Å². The van der Waals surface area contributed by atoms with Gasteiger partial charge in [-0.3, -0.25) is 0 Å². The molecule has 0 atom stereocenters. The van der Waals surface area contributed by atoms with Gasteiger partial charge in [0.2, 0.25) is 5.28 Å². The summed E-state index contributed by atoms with van der Waals surface area (Å²) in [5.41, 5.74) is 2.31. The first-order valence-electron chi connectivity index (χ1n) is 5.73. The molecule has 0 amide bonds. The second-order valence-corrected chi connectivity index (χ2v) is 5.10. The first kappa shape index (κ1) is 13.3. The lowest BCUT2D eigenvalue weighted by molar-refractivity contribution is 0.922. The molecule has 0 aliphatic carbocycles. The first-order valence-corrected chi connectivity index (χ1v) is 6.90. The lowest BCUT2D eigenvalue weighted by Gasteiger charge is -2.08. The summed E-state index contributed by atoms with van der Waals surface area (Å²) in [6.45, 7) is 2.17. The van der Waals surface area contributed by atoms with E-state index in [1.165, 1.54) is 5.56 Å². The van der Waals surface area contributed by atoms with Crippen molar-refractivity contribution in [2.75, 3.05) is 5.32 Å². The maximum Gasteiger partial charge on any atom is 0.224 e. The van der Waals surface area contributed by atoms with Crippen molar-refractivity contribution < 1.29 is 0 Å². The summed E-state index contributed by atoms with van der Waals surface area (Å²) in [7, 11) is 0. The van der Waals surface area contributed by atoms with Crippen molar-refractivity contribution >= 4 is 39.0 Å². The van der Waals surface area contributed by atoms with Crippen molar-refractivity contribution in [3.63, 3.8) is 0 Å². The monoisotopic (exact) mass is 325 g/mol. The number of aryl methyl sites for hydroxylation is 1. The number of aromatic nitrogens is 2. The van der Waals surface area contributed by atoms with E-state index in [9.17, 15) is 0 Å². The predicted molar refractivity (Wildman–Crippen MR) is 78.5 cm³/mol. The van der Waals surface area contributed by atoms with Crippen molar-refractivity contribution in [2.45, 2.75) is 19.8 Å². The molecule has 0 saturated carbocycles. The summed E-state index contributed by atoms with van der Waals surface area (Å²) < 4.78 is 0.782. The van der Waals surface area contributed by atoms with E-state index in [0.29, 0.717) is 5.82 Å². The Balaban J connectivity index is 2.15. The fraction of sp³-hybridized carbons (Fsp3) is 0.231. The third kappa shape index (κ3) is 3.43. The molecule has 3 nitrogen and oxygen atoms in total. The van der Waals surface area contributed by atoms with Crippen LogP contribution in [-0.4, -0.2) is 9.97 Å². The van der Waals surface area contributed by atoms with Crippen molar-refractivity contribution in [3.05, 3.63) is 45.8 Å². The van der Waals surface area contributed by atoms with Gasteiger partial charge in [-0.25, -0.2) is 4.98 Å². The van der Waals surface area contributed by atoms with E-state index in [1.54, 1.807) is 6.20 Å². The minimum Gasteiger partial charge on any atom is -0.339 e. The molecular weight excluding hydrogens is 314 g/mol. The zero-order valence-corrected chi connectivity index (χ0v) is 12.3. The van der Waals surface area contributed by atoms with Crippen LogP contribution in [0.5, 0.6) is 0 Å². The summed E-state index contributed by atoms with van der Waals surface area (Å²) in [4.78, 5) is 8.01. The minimum atomic E-state index is 0.225. The van der Waals surface area contributed by atoms with Crippen molar-refractivity contribution in [3.8, 4) is 0 Å². The molecule has 1 aromatic heterocycles. The van der Waals surface area contributed by atoms with Gasteiger partial charge < -0.3 is 5.32 Å². The third-order valence-electron chi connectivity index (χ3n) is 2.47. The largest absolute Gasteiger partial charge is 0.339 e. The average Bonchev–Trinajstić information content (AvgIpc) is 2.37. The zero-order valence-electron chi connectivity index (χ0n) is 9.95. The molecule has 94 valence electrons. The topological polar surface area (TPSA) is 37.8 Å². The van der Waals surface area contributed by atoms with Crippen LogP contribution in [0.15, 0.2) is 34.9 Å². The van der Waals surface area contributed by atoms with Gasteiger partial charge in [0.25, 0.3) is 0 Å². The van der Waals surface area contributed by atoms with Gasteiger partial charge >= 0.3 is 0 Å². The number of hydrogen-bond acceptors (Lipinski definition) is 3. The normalized spacial score (nSPS) is 10.4. The SMILES string of the molecule is CCCc1ccc(Nc2nc(Cl)ncc2Br)cc1. The van der Waals surface area contributed by atoms with E-state index in [4.69, 9.17) is 11.6 Å². The molecule has 2 aromatic rings. The van der Waals surface area contributed by atoms with Crippen LogP contribution in [-0.2, 0) is 6.42 Å². The molecule has 1 heterocycles. The number of hydrogen-bond donors (Lipinski definition) is 1. The number of rotatable bonds is 4. The maximum absolute atomic E-state index is 5.77. The van der Waals surface area contributed by atoms with Crippen LogP contribution in [0.25, 0.3) is 0 Å². The highest BCUT2D eigenvalue weighted by molar-refractivity contribution is 9.10. The Kier molecular flexibility index (Phi) is 4.55. The average molecular weight is 327 g/mol. The van der Waals surface area contributed by atoms with Crippen LogP contribution in [0.1, 0.15) is 18.9 Å². The lowest BCUT2D eigenvalue weighted by atomic mass is 10.1. The Hall–Kier alpha value is -1.13. The van der Waals surface area contributed by atoms with Gasteiger partial charge in [-0.05, 0) is 51.6 Å². The molecule has 0 bridgehead atoms. The number of halogens is 2. The van der Waals surface area contributed by atoms with Crippen LogP contribution in [0.2, 0.25) is 5.28 Å². The highest BCUT2D eigenvalue weighted by atomic mass is 79.9. The molecule has 0 aliphatic heterocycles. The Morgan fingerprint density at radius 2 is 2.00 bits per heavy atom. The van der Waals surface area contributed by atoms with Crippen LogP contribution < -0.4 is 5.32 Å². The predicted octanol–water partition coefficient (Wildman–Crippen LogP) is 4.59. The Bertz CT molecular complexity index is 528. The zero-order chi connectivity index (χ0) is 13.0. The molecule has 0 radical (unpaired) electrons. The molecule has 1 aromatic carbocycles. The van der Waals surface area contributed by atoms with E-state index in [2.05, 4.69) is 50.3 Å². The van der Waals surface area contributed by atoms with E-state index in [1.807, 2.05) is 12.1 Å². The highest BCUT2D eigenvalue weighted by Crippen LogP contribution is 2.24. The van der Waals surface area contributed by atoms with E-state index >= 15 is 0 Å². The highest BCUT2D eigenvalue weighted by Gasteiger charge is 2.04. The maximum atomic E-state index is 5.77. The molecule has 0 saturated heterocycles. The van der Waals surface area contributed by atoms with Gasteiger partial charge in [-0.15, -0.1) is 0 Å². The molecule has 0 spiro atoms. The third-order valence-corrected chi connectivity index (χ3v) is 3.23. The summed E-state index contributed by atoms with van der Waals surface area (Å²) in [5, 5.41) is 3.43. The minimum absolute atomic E-state index is 0.225. The van der Waals surface area contributed by atoms with E-state index in [0.717, 1.165) is 23.0 Å². The van der Waals surface area contributed by atoms with Gasteiger partial charge in [0.15, 0.2) is 0 Å². The summed E-state index contributed by atoms with van der Waals surface area (Å²) in [6, 6.07) is 8.30. The van der Waals surface area contributed by atoms with Crippen molar-refractivity contribution in [1.82, 2.24) is 9.97 Å². The number of nitrogens with one attached hydrogen (secondary N) is 1. The molecule has 0 aliphatic rings. The molecule has 18 heavy (non-hydrogen) atoms. The number of anilines is 2. The second kappa shape index (κ2) is 6.16. The summed E-state index contributed by atoms with van der Waals surface area (Å²) >= 11 is 9.15. The first-order chi connectivity index (χ1) is 8.69. The Morgan fingerprint density at radius 3 is 2.67 bits per heavy atom. The summed E-state index contributed by atoms with van der Waals surface area (Å²) in [6.07, 6.45) is 3.88. The standard InChI is InChI=1S/C13H13BrClN3/c1-2-3-9-4-6-10(7-5-9)17-12-11(14)8-16-13(15)18-12/h4-8H,2-3H2,1H3,(H,16,17,18). The smallest absolute Gasteiger partial charge is 0.224 e. The van der Waals surface area contributed by atoms with Crippen LogP contribution in [0.4, 0.5) is 11.5 Å². The Labute approximate surface area is 120 Å². The molecule has 2 rings (SSSR count). The Morgan fingerprint density at radius 1 is 1.28 bits per heavy atom. The van der Waals surface area contributed by atoms with Crippen LogP contribution >= 0.6 is 27.5 Å². The quantitative estimate of drug-likeness (QED) is 0.835. The fourth-order valence-corrected chi connectivity index (χ4v) is 2.04.